The van der Waals surface area contributed by atoms with Crippen LogP contribution in [0, 0.1) is 5.92 Å². The van der Waals surface area contributed by atoms with Crippen LogP contribution in [0.3, 0.4) is 0 Å². The third-order valence-corrected chi connectivity index (χ3v) is 7.68. The summed E-state index contributed by atoms with van der Waals surface area (Å²) < 4.78 is 32.9. The molecule has 0 saturated carbocycles. The van der Waals surface area contributed by atoms with Crippen LogP contribution >= 0.6 is 11.8 Å². The molecule has 2 fully saturated rings. The molecule has 25 heavy (non-hydrogen) atoms. The minimum Gasteiger partial charge on any atom is -0.497 e. The van der Waals surface area contributed by atoms with Crippen molar-refractivity contribution in [3.05, 3.63) is 24.3 Å². The minimum atomic E-state index is -3.45. The van der Waals surface area contributed by atoms with Gasteiger partial charge >= 0.3 is 0 Å². The third-order valence-electron chi connectivity index (χ3n) is 5.19. The summed E-state index contributed by atoms with van der Waals surface area (Å²) in [6, 6.07) is 7.24. The molecular formula is C18H28N2O3S2. The molecule has 0 spiro atoms. The van der Waals surface area contributed by atoms with Gasteiger partial charge in [0.2, 0.25) is 10.0 Å². The molecule has 2 saturated heterocycles. The van der Waals surface area contributed by atoms with E-state index >= 15 is 0 Å². The van der Waals surface area contributed by atoms with E-state index in [0.717, 1.165) is 19.5 Å². The van der Waals surface area contributed by atoms with Gasteiger partial charge in [-0.1, -0.05) is 0 Å². The van der Waals surface area contributed by atoms with Gasteiger partial charge in [-0.3, -0.25) is 0 Å². The summed E-state index contributed by atoms with van der Waals surface area (Å²) >= 11 is 2.05. The molecule has 5 nitrogen and oxygen atoms in total. The van der Waals surface area contributed by atoms with Crippen LogP contribution in [0.25, 0.3) is 0 Å². The van der Waals surface area contributed by atoms with Gasteiger partial charge in [0.25, 0.3) is 0 Å². The van der Waals surface area contributed by atoms with Gasteiger partial charge in [0, 0.05) is 19.1 Å². The summed E-state index contributed by atoms with van der Waals surface area (Å²) in [5.74, 6) is 3.58. The van der Waals surface area contributed by atoms with Crippen molar-refractivity contribution in [2.75, 3.05) is 38.2 Å². The van der Waals surface area contributed by atoms with Gasteiger partial charge in [-0.2, -0.15) is 11.8 Å². The molecule has 0 aliphatic carbocycles. The summed E-state index contributed by atoms with van der Waals surface area (Å²) in [4.78, 5) is 2.89. The maximum Gasteiger partial charge on any atom is 0.240 e. The van der Waals surface area contributed by atoms with E-state index in [4.69, 9.17) is 4.74 Å². The molecule has 2 heterocycles. The Morgan fingerprint density at radius 2 is 1.92 bits per heavy atom. The molecular weight excluding hydrogens is 356 g/mol. The predicted octanol–water partition coefficient (Wildman–Crippen LogP) is 2.58. The summed E-state index contributed by atoms with van der Waals surface area (Å²) in [5.41, 5.74) is 0. The van der Waals surface area contributed by atoms with E-state index in [1.807, 2.05) is 0 Å². The number of rotatable bonds is 6. The smallest absolute Gasteiger partial charge is 0.240 e. The maximum absolute atomic E-state index is 12.5. The highest BCUT2D eigenvalue weighted by Crippen LogP contribution is 2.26. The van der Waals surface area contributed by atoms with Gasteiger partial charge in [0.15, 0.2) is 0 Å². The van der Waals surface area contributed by atoms with Crippen molar-refractivity contribution in [3.8, 4) is 5.75 Å². The quantitative estimate of drug-likeness (QED) is 0.817. The number of hydrogen-bond acceptors (Lipinski definition) is 5. The van der Waals surface area contributed by atoms with Crippen molar-refractivity contribution in [2.24, 2.45) is 5.92 Å². The molecule has 1 unspecified atom stereocenters. The number of thioether (sulfide) groups is 1. The van der Waals surface area contributed by atoms with Gasteiger partial charge in [0.05, 0.1) is 12.0 Å². The zero-order chi connectivity index (χ0) is 17.7. The predicted molar refractivity (Wildman–Crippen MR) is 103 cm³/mol. The number of methoxy groups -OCH3 is 1. The summed E-state index contributed by atoms with van der Waals surface area (Å²) in [6.07, 6.45) is 4.81. The average Bonchev–Trinajstić information content (AvgIpc) is 2.67. The van der Waals surface area contributed by atoms with Crippen molar-refractivity contribution in [2.45, 2.75) is 36.6 Å². The topological polar surface area (TPSA) is 58.6 Å². The number of hydrogen-bond donors (Lipinski definition) is 1. The van der Waals surface area contributed by atoms with Crippen molar-refractivity contribution >= 4 is 21.8 Å². The van der Waals surface area contributed by atoms with E-state index in [1.165, 1.54) is 30.8 Å². The largest absolute Gasteiger partial charge is 0.497 e. The highest BCUT2D eigenvalue weighted by Gasteiger charge is 2.28. The van der Waals surface area contributed by atoms with Crippen LogP contribution in [0.15, 0.2) is 29.2 Å². The first-order chi connectivity index (χ1) is 12.1. The Balaban J connectivity index is 1.54. The third kappa shape index (κ3) is 5.12. The van der Waals surface area contributed by atoms with E-state index in [0.29, 0.717) is 29.1 Å². The highest BCUT2D eigenvalue weighted by molar-refractivity contribution is 7.99. The monoisotopic (exact) mass is 384 g/mol. The van der Waals surface area contributed by atoms with Crippen LogP contribution in [-0.4, -0.2) is 57.6 Å². The molecule has 3 rings (SSSR count). The first kappa shape index (κ1) is 19.0. The van der Waals surface area contributed by atoms with Crippen LogP contribution < -0.4 is 9.46 Å². The highest BCUT2D eigenvalue weighted by atomic mass is 32.2. The second-order valence-corrected chi connectivity index (χ2v) is 9.87. The molecule has 1 aromatic rings. The van der Waals surface area contributed by atoms with Crippen LogP contribution in [0.5, 0.6) is 5.75 Å². The fourth-order valence-electron chi connectivity index (χ4n) is 3.71. The molecule has 0 bridgehead atoms. The van der Waals surface area contributed by atoms with E-state index in [-0.39, 0.29) is 0 Å². The van der Waals surface area contributed by atoms with Crippen molar-refractivity contribution in [3.63, 3.8) is 0 Å². The molecule has 140 valence electrons. The normalized spacial score (nSPS) is 23.5. The minimum absolute atomic E-state index is 0.297. The van der Waals surface area contributed by atoms with Gasteiger partial charge in [-0.25, -0.2) is 13.1 Å². The summed E-state index contributed by atoms with van der Waals surface area (Å²) in [6.45, 7) is 2.70. The van der Waals surface area contributed by atoms with Gasteiger partial charge in [-0.15, -0.1) is 0 Å². The van der Waals surface area contributed by atoms with Gasteiger partial charge < -0.3 is 9.64 Å². The lowest BCUT2D eigenvalue weighted by molar-refractivity contribution is 0.118. The number of piperidine rings is 1. The lowest BCUT2D eigenvalue weighted by atomic mass is 9.95. The number of benzene rings is 1. The van der Waals surface area contributed by atoms with E-state index in [9.17, 15) is 8.42 Å². The number of nitrogens with one attached hydrogen (secondary N) is 1. The van der Waals surface area contributed by atoms with E-state index < -0.39 is 10.0 Å². The zero-order valence-electron chi connectivity index (χ0n) is 14.8. The van der Waals surface area contributed by atoms with Crippen LogP contribution in [-0.2, 0) is 10.0 Å². The number of likely N-dealkylation sites (tertiary alicyclic amines) is 1. The van der Waals surface area contributed by atoms with Gasteiger partial charge in [-0.05, 0) is 73.9 Å². The fourth-order valence-corrected chi connectivity index (χ4v) is 5.91. The van der Waals surface area contributed by atoms with Crippen molar-refractivity contribution < 1.29 is 13.2 Å². The molecule has 2 aliphatic rings. The molecule has 1 aromatic carbocycles. The molecule has 1 N–H and O–H groups in total. The van der Waals surface area contributed by atoms with E-state index in [2.05, 4.69) is 21.4 Å². The zero-order valence-corrected chi connectivity index (χ0v) is 16.4. The maximum atomic E-state index is 12.5. The average molecular weight is 385 g/mol. The molecule has 0 radical (unpaired) electrons. The Morgan fingerprint density at radius 3 is 2.60 bits per heavy atom. The number of sulfonamides is 1. The molecule has 7 heteroatoms. The number of ether oxygens (including phenoxy) is 1. The summed E-state index contributed by atoms with van der Waals surface area (Å²) in [5, 5.41) is 0. The number of nitrogens with zero attached hydrogens (tertiary/aromatic N) is 1. The van der Waals surface area contributed by atoms with Crippen LogP contribution in [0.1, 0.15) is 25.7 Å². The Labute approximate surface area is 155 Å². The molecule has 0 amide bonds. The second kappa shape index (κ2) is 8.75. The first-order valence-corrected chi connectivity index (χ1v) is 11.7. The van der Waals surface area contributed by atoms with Gasteiger partial charge in [0.1, 0.15) is 5.75 Å². The van der Waals surface area contributed by atoms with E-state index in [1.54, 1.807) is 31.4 Å². The lowest BCUT2D eigenvalue weighted by Crippen LogP contribution is -2.46. The van der Waals surface area contributed by atoms with Crippen molar-refractivity contribution in [1.82, 2.24) is 9.62 Å². The molecule has 2 aliphatic heterocycles. The van der Waals surface area contributed by atoms with Crippen LogP contribution in [0.4, 0.5) is 0 Å². The van der Waals surface area contributed by atoms with Crippen LogP contribution in [0.2, 0.25) is 0 Å². The Bertz CT molecular complexity index is 643. The Morgan fingerprint density at radius 1 is 1.20 bits per heavy atom. The SMILES string of the molecule is COc1ccc(S(=O)(=O)NCC2CCCN(C3CCSCC3)C2)cc1. The Hall–Kier alpha value is -0.760. The Kier molecular flexibility index (Phi) is 6.66. The second-order valence-electron chi connectivity index (χ2n) is 6.87. The molecule has 0 aromatic heterocycles. The lowest BCUT2D eigenvalue weighted by Gasteiger charge is -2.39. The summed E-state index contributed by atoms with van der Waals surface area (Å²) in [7, 11) is -1.88. The fraction of sp³-hybridized carbons (Fsp3) is 0.667. The first-order valence-electron chi connectivity index (χ1n) is 9.04. The standard InChI is InChI=1S/C18H28N2O3S2/c1-23-17-4-6-18(7-5-17)25(21,22)19-13-15-3-2-10-20(14-15)16-8-11-24-12-9-16/h4-7,15-16,19H,2-3,8-14H2,1H3. The van der Waals surface area contributed by atoms with Crippen molar-refractivity contribution in [1.29, 1.82) is 0 Å². The molecule has 1 atom stereocenters.